The number of hydrogen-bond donors (Lipinski definition) is 1. The Morgan fingerprint density at radius 1 is 1.10 bits per heavy atom. The van der Waals surface area contributed by atoms with E-state index in [1.165, 1.54) is 12.1 Å². The lowest BCUT2D eigenvalue weighted by atomic mass is 10.1. The molecule has 0 aliphatic carbocycles. The van der Waals surface area contributed by atoms with Gasteiger partial charge < -0.3 is 15.2 Å². The molecule has 2 rings (SSSR count). The fraction of sp³-hybridized carbons (Fsp3) is 0.200. The van der Waals surface area contributed by atoms with Gasteiger partial charge >= 0.3 is 0 Å². The van der Waals surface area contributed by atoms with E-state index in [2.05, 4.69) is 0 Å². The van der Waals surface area contributed by atoms with Crippen molar-refractivity contribution < 1.29 is 13.9 Å². The maximum atomic E-state index is 13.4. The standard InChI is InChI=1S/C15H15ClFNO2/c1-19-15-8-10(2-3-14(15)20-5-4-18)11-6-12(16)9-13(17)7-11/h2-3,6-9H,4-5,18H2,1H3. The number of nitrogens with two attached hydrogens (primary N) is 1. The van der Waals surface area contributed by atoms with E-state index >= 15 is 0 Å². The van der Waals surface area contributed by atoms with Gasteiger partial charge in [-0.1, -0.05) is 17.7 Å². The molecule has 0 saturated heterocycles. The second-order valence-electron chi connectivity index (χ2n) is 4.16. The Bertz CT molecular complexity index is 584. The number of ether oxygens (including phenoxy) is 2. The number of benzene rings is 2. The smallest absolute Gasteiger partial charge is 0.161 e. The molecule has 0 bridgehead atoms. The van der Waals surface area contributed by atoms with Gasteiger partial charge in [0.15, 0.2) is 11.5 Å². The first kappa shape index (κ1) is 14.6. The monoisotopic (exact) mass is 295 g/mol. The molecule has 0 spiro atoms. The first-order chi connectivity index (χ1) is 9.63. The summed E-state index contributed by atoms with van der Waals surface area (Å²) in [6.45, 7) is 0.825. The number of methoxy groups -OCH3 is 1. The summed E-state index contributed by atoms with van der Waals surface area (Å²) in [6.07, 6.45) is 0. The van der Waals surface area contributed by atoms with E-state index in [1.807, 2.05) is 6.07 Å². The zero-order chi connectivity index (χ0) is 14.5. The molecule has 0 atom stereocenters. The van der Waals surface area contributed by atoms with Crippen LogP contribution in [0.4, 0.5) is 4.39 Å². The third-order valence-electron chi connectivity index (χ3n) is 2.73. The van der Waals surface area contributed by atoms with Crippen molar-refractivity contribution in [2.24, 2.45) is 5.73 Å². The highest BCUT2D eigenvalue weighted by Gasteiger charge is 2.08. The second-order valence-corrected chi connectivity index (χ2v) is 4.60. The van der Waals surface area contributed by atoms with Crippen molar-refractivity contribution in [3.05, 3.63) is 47.2 Å². The van der Waals surface area contributed by atoms with E-state index in [9.17, 15) is 4.39 Å². The molecule has 0 unspecified atom stereocenters. The van der Waals surface area contributed by atoms with Crippen LogP contribution in [0.1, 0.15) is 0 Å². The molecule has 106 valence electrons. The molecule has 5 heteroatoms. The molecule has 0 saturated carbocycles. The van der Waals surface area contributed by atoms with Crippen LogP contribution in [-0.4, -0.2) is 20.3 Å². The molecule has 2 aromatic carbocycles. The van der Waals surface area contributed by atoms with Crippen LogP contribution in [-0.2, 0) is 0 Å². The molecule has 0 radical (unpaired) electrons. The van der Waals surface area contributed by atoms with Gasteiger partial charge in [0, 0.05) is 11.6 Å². The fourth-order valence-electron chi connectivity index (χ4n) is 1.86. The summed E-state index contributed by atoms with van der Waals surface area (Å²) >= 11 is 5.86. The lowest BCUT2D eigenvalue weighted by molar-refractivity contribution is 0.302. The van der Waals surface area contributed by atoms with Crippen molar-refractivity contribution in [1.29, 1.82) is 0 Å². The molecular formula is C15H15ClFNO2. The lowest BCUT2D eigenvalue weighted by Gasteiger charge is -2.12. The second kappa shape index (κ2) is 6.59. The Hall–Kier alpha value is -1.78. The van der Waals surface area contributed by atoms with Gasteiger partial charge in [-0.05, 0) is 41.5 Å². The van der Waals surface area contributed by atoms with Crippen molar-refractivity contribution in [2.75, 3.05) is 20.3 Å². The third-order valence-corrected chi connectivity index (χ3v) is 2.95. The van der Waals surface area contributed by atoms with Crippen LogP contribution in [0.2, 0.25) is 5.02 Å². The summed E-state index contributed by atoms with van der Waals surface area (Å²) in [6, 6.07) is 9.74. The summed E-state index contributed by atoms with van der Waals surface area (Å²) in [5, 5.41) is 0.349. The zero-order valence-electron chi connectivity index (χ0n) is 11.0. The highest BCUT2D eigenvalue weighted by molar-refractivity contribution is 6.30. The predicted octanol–water partition coefficient (Wildman–Crippen LogP) is 3.49. The average molecular weight is 296 g/mol. The van der Waals surface area contributed by atoms with Crippen LogP contribution in [0.5, 0.6) is 11.5 Å². The highest BCUT2D eigenvalue weighted by atomic mass is 35.5. The fourth-order valence-corrected chi connectivity index (χ4v) is 2.08. The Balaban J connectivity index is 2.37. The molecule has 0 heterocycles. The van der Waals surface area contributed by atoms with Crippen LogP contribution in [0.3, 0.4) is 0 Å². The van der Waals surface area contributed by atoms with Crippen LogP contribution >= 0.6 is 11.6 Å². The summed E-state index contributed by atoms with van der Waals surface area (Å²) in [5.41, 5.74) is 6.87. The largest absolute Gasteiger partial charge is 0.493 e. The average Bonchev–Trinajstić information content (AvgIpc) is 2.43. The van der Waals surface area contributed by atoms with Gasteiger partial charge in [0.1, 0.15) is 12.4 Å². The molecule has 20 heavy (non-hydrogen) atoms. The van der Waals surface area contributed by atoms with Crippen molar-refractivity contribution >= 4 is 11.6 Å². The number of hydrogen-bond acceptors (Lipinski definition) is 3. The van der Waals surface area contributed by atoms with Gasteiger partial charge in [-0.3, -0.25) is 0 Å². The minimum Gasteiger partial charge on any atom is -0.493 e. The topological polar surface area (TPSA) is 44.5 Å². The third kappa shape index (κ3) is 3.40. The highest BCUT2D eigenvalue weighted by Crippen LogP contribution is 2.33. The van der Waals surface area contributed by atoms with E-state index < -0.39 is 0 Å². The van der Waals surface area contributed by atoms with Crippen molar-refractivity contribution in [3.8, 4) is 22.6 Å². The summed E-state index contributed by atoms with van der Waals surface area (Å²) in [7, 11) is 1.55. The minimum atomic E-state index is -0.380. The van der Waals surface area contributed by atoms with Gasteiger partial charge in [0.25, 0.3) is 0 Å². The van der Waals surface area contributed by atoms with Gasteiger partial charge in [-0.25, -0.2) is 4.39 Å². The molecule has 3 nitrogen and oxygen atoms in total. The van der Waals surface area contributed by atoms with Gasteiger partial charge in [0.05, 0.1) is 7.11 Å². The van der Waals surface area contributed by atoms with Crippen LogP contribution in [0.15, 0.2) is 36.4 Å². The van der Waals surface area contributed by atoms with Gasteiger partial charge in [0.2, 0.25) is 0 Å². The molecule has 2 aromatic rings. The molecule has 0 aliphatic heterocycles. The Morgan fingerprint density at radius 3 is 2.55 bits per heavy atom. The van der Waals surface area contributed by atoms with E-state index in [0.717, 1.165) is 5.56 Å². The van der Waals surface area contributed by atoms with E-state index in [0.29, 0.717) is 35.2 Å². The van der Waals surface area contributed by atoms with E-state index in [4.69, 9.17) is 26.8 Å². The quantitative estimate of drug-likeness (QED) is 0.918. The van der Waals surface area contributed by atoms with Gasteiger partial charge in [-0.15, -0.1) is 0 Å². The zero-order valence-corrected chi connectivity index (χ0v) is 11.8. The number of rotatable bonds is 5. The van der Waals surface area contributed by atoms with Crippen LogP contribution < -0.4 is 15.2 Å². The van der Waals surface area contributed by atoms with Gasteiger partial charge in [-0.2, -0.15) is 0 Å². The molecule has 0 amide bonds. The molecular weight excluding hydrogens is 281 g/mol. The minimum absolute atomic E-state index is 0.349. The van der Waals surface area contributed by atoms with E-state index in [1.54, 1.807) is 25.3 Å². The SMILES string of the molecule is COc1cc(-c2cc(F)cc(Cl)c2)ccc1OCCN. The maximum Gasteiger partial charge on any atom is 0.161 e. The summed E-state index contributed by atoms with van der Waals surface area (Å²) in [4.78, 5) is 0. The Kier molecular flexibility index (Phi) is 4.82. The normalized spacial score (nSPS) is 10.4. The Labute approximate surface area is 122 Å². The van der Waals surface area contributed by atoms with E-state index in [-0.39, 0.29) is 5.82 Å². The summed E-state index contributed by atoms with van der Waals surface area (Å²) < 4.78 is 24.1. The van der Waals surface area contributed by atoms with Crippen LogP contribution in [0, 0.1) is 5.82 Å². The first-order valence-electron chi connectivity index (χ1n) is 6.11. The van der Waals surface area contributed by atoms with Crippen molar-refractivity contribution in [1.82, 2.24) is 0 Å². The number of halogens is 2. The molecule has 0 fully saturated rings. The maximum absolute atomic E-state index is 13.4. The summed E-state index contributed by atoms with van der Waals surface area (Å²) in [5.74, 6) is 0.787. The first-order valence-corrected chi connectivity index (χ1v) is 6.49. The molecule has 0 aliphatic rings. The van der Waals surface area contributed by atoms with Crippen LogP contribution in [0.25, 0.3) is 11.1 Å². The lowest BCUT2D eigenvalue weighted by Crippen LogP contribution is -2.11. The Morgan fingerprint density at radius 2 is 1.90 bits per heavy atom. The molecule has 0 aromatic heterocycles. The van der Waals surface area contributed by atoms with Crippen molar-refractivity contribution in [3.63, 3.8) is 0 Å². The molecule has 2 N–H and O–H groups in total. The van der Waals surface area contributed by atoms with Crippen molar-refractivity contribution in [2.45, 2.75) is 0 Å². The predicted molar refractivity (Wildman–Crippen MR) is 77.9 cm³/mol.